The lowest BCUT2D eigenvalue weighted by Gasteiger charge is -2.25. The number of carbonyl (C=O) groups excluding carboxylic acids is 2. The molecule has 0 saturated carbocycles. The number of rotatable bonds is 10. The van der Waals surface area contributed by atoms with E-state index in [1.54, 1.807) is 25.1 Å². The summed E-state index contributed by atoms with van der Waals surface area (Å²) in [6, 6.07) is 7.68. The first-order valence-corrected chi connectivity index (χ1v) is 15.4. The quantitative estimate of drug-likeness (QED) is 0.336. The zero-order chi connectivity index (χ0) is 29.2. The van der Waals surface area contributed by atoms with Crippen LogP contribution in [0.5, 0.6) is 5.88 Å². The molecule has 1 aromatic carbocycles. The first-order valence-electron chi connectivity index (χ1n) is 12.8. The molecule has 1 fully saturated rings. The Hall–Kier alpha value is -3.15. The molecule has 0 radical (unpaired) electrons. The van der Waals surface area contributed by atoms with Crippen molar-refractivity contribution in [2.24, 2.45) is 5.92 Å². The van der Waals surface area contributed by atoms with Crippen LogP contribution in [0.15, 0.2) is 36.5 Å². The van der Waals surface area contributed by atoms with Crippen LogP contribution in [0.1, 0.15) is 60.0 Å². The predicted molar refractivity (Wildman–Crippen MR) is 155 cm³/mol. The summed E-state index contributed by atoms with van der Waals surface area (Å²) in [5.41, 5.74) is 1.10. The lowest BCUT2D eigenvalue weighted by molar-refractivity contribution is 0.0938. The standard InChI is InChI=1S/C27H31Cl2N5O5S/c1-15(2)7-8-17(4)31-26(35)20-11-18(28)10-16(3)24(20)32-27(36)22-12-23(39-19-13-40(37,38)14-19)33-34(22)25-21(29)6-5-9-30-25/h5-6,9-12,15,17,19H,7-8,13-14H2,1-4H3,(H,31,35)(H,32,36). The molecule has 0 bridgehead atoms. The van der Waals surface area contributed by atoms with Gasteiger partial charge in [-0.2, -0.15) is 0 Å². The Kier molecular flexibility index (Phi) is 9.06. The van der Waals surface area contributed by atoms with Crippen molar-refractivity contribution >= 4 is 50.5 Å². The van der Waals surface area contributed by atoms with Crippen molar-refractivity contribution in [1.29, 1.82) is 0 Å². The van der Waals surface area contributed by atoms with Gasteiger partial charge in [0.25, 0.3) is 11.8 Å². The van der Waals surface area contributed by atoms with Crippen LogP contribution in [0.2, 0.25) is 10.0 Å². The molecule has 4 rings (SSSR count). The zero-order valence-corrected chi connectivity index (χ0v) is 24.9. The Bertz CT molecular complexity index is 1530. The van der Waals surface area contributed by atoms with Gasteiger partial charge in [-0.3, -0.25) is 9.59 Å². The van der Waals surface area contributed by atoms with Gasteiger partial charge in [-0.05, 0) is 62.4 Å². The van der Waals surface area contributed by atoms with E-state index in [0.717, 1.165) is 12.8 Å². The third-order valence-corrected chi connectivity index (χ3v) is 8.64. The minimum absolute atomic E-state index is 0.0174. The SMILES string of the molecule is Cc1cc(Cl)cc(C(=O)NC(C)CCC(C)C)c1NC(=O)c1cc(OC2CS(=O)(=O)C2)nn1-c1ncccc1Cl. The molecule has 13 heteroatoms. The first-order chi connectivity index (χ1) is 18.8. The van der Waals surface area contributed by atoms with Crippen LogP contribution in [-0.4, -0.2) is 58.6 Å². The maximum atomic E-state index is 13.7. The molecule has 1 aliphatic heterocycles. The normalized spacial score (nSPS) is 15.4. The van der Waals surface area contributed by atoms with E-state index in [0.29, 0.717) is 16.5 Å². The summed E-state index contributed by atoms with van der Waals surface area (Å²) in [4.78, 5) is 31.2. The molecule has 10 nitrogen and oxygen atoms in total. The highest BCUT2D eigenvalue weighted by molar-refractivity contribution is 7.92. The molecule has 2 aromatic heterocycles. The summed E-state index contributed by atoms with van der Waals surface area (Å²) in [5.74, 6) is -0.534. The molecule has 1 aliphatic rings. The predicted octanol–water partition coefficient (Wildman–Crippen LogP) is 4.87. The molecule has 214 valence electrons. The van der Waals surface area contributed by atoms with Gasteiger partial charge >= 0.3 is 0 Å². The van der Waals surface area contributed by atoms with Gasteiger partial charge in [-0.1, -0.05) is 37.0 Å². The average molecular weight is 609 g/mol. The molecule has 0 spiro atoms. The highest BCUT2D eigenvalue weighted by Crippen LogP contribution is 2.29. The van der Waals surface area contributed by atoms with E-state index >= 15 is 0 Å². The smallest absolute Gasteiger partial charge is 0.274 e. The average Bonchev–Trinajstić information content (AvgIpc) is 3.27. The van der Waals surface area contributed by atoms with Gasteiger partial charge in [0.1, 0.15) is 11.8 Å². The van der Waals surface area contributed by atoms with E-state index < -0.39 is 21.8 Å². The maximum absolute atomic E-state index is 13.7. The number of ether oxygens (including phenoxy) is 1. The van der Waals surface area contributed by atoms with Crippen LogP contribution in [0.4, 0.5) is 5.69 Å². The lowest BCUT2D eigenvalue weighted by Crippen LogP contribution is -2.45. The number of aryl methyl sites for hydroxylation is 1. The highest BCUT2D eigenvalue weighted by atomic mass is 35.5. The van der Waals surface area contributed by atoms with Crippen molar-refractivity contribution < 1.29 is 22.7 Å². The molecular formula is C27H31Cl2N5O5S. The van der Waals surface area contributed by atoms with E-state index in [-0.39, 0.29) is 57.1 Å². The van der Waals surface area contributed by atoms with Gasteiger partial charge in [0.15, 0.2) is 15.7 Å². The fourth-order valence-electron chi connectivity index (χ4n) is 4.25. The minimum Gasteiger partial charge on any atom is -0.471 e. The number of carbonyl (C=O) groups is 2. The maximum Gasteiger partial charge on any atom is 0.274 e. The Labute approximate surface area is 243 Å². The van der Waals surface area contributed by atoms with Crippen LogP contribution in [0.25, 0.3) is 5.82 Å². The molecule has 2 amide bonds. The Morgan fingerprint density at radius 3 is 2.50 bits per heavy atom. The van der Waals surface area contributed by atoms with Crippen molar-refractivity contribution in [2.45, 2.75) is 52.7 Å². The van der Waals surface area contributed by atoms with E-state index in [1.807, 2.05) is 6.92 Å². The van der Waals surface area contributed by atoms with Gasteiger partial charge in [-0.25, -0.2) is 18.1 Å². The molecule has 0 aliphatic carbocycles. The zero-order valence-electron chi connectivity index (χ0n) is 22.6. The molecule has 1 unspecified atom stereocenters. The van der Waals surface area contributed by atoms with Crippen molar-refractivity contribution in [3.8, 4) is 11.7 Å². The minimum atomic E-state index is -3.13. The highest BCUT2D eigenvalue weighted by Gasteiger charge is 2.36. The van der Waals surface area contributed by atoms with Crippen LogP contribution in [0, 0.1) is 12.8 Å². The van der Waals surface area contributed by atoms with Gasteiger partial charge in [0, 0.05) is 23.3 Å². The number of sulfone groups is 1. The largest absolute Gasteiger partial charge is 0.471 e. The van der Waals surface area contributed by atoms with Crippen LogP contribution in [-0.2, 0) is 9.84 Å². The number of hydrogen-bond acceptors (Lipinski definition) is 7. The molecule has 2 N–H and O–H groups in total. The molecule has 40 heavy (non-hydrogen) atoms. The number of pyridine rings is 1. The Morgan fingerprint density at radius 2 is 1.85 bits per heavy atom. The molecule has 3 heterocycles. The second-order valence-electron chi connectivity index (χ2n) is 10.4. The van der Waals surface area contributed by atoms with E-state index in [1.165, 1.54) is 23.0 Å². The number of halogens is 2. The molecule has 1 atom stereocenters. The fourth-order valence-corrected chi connectivity index (χ4v) is 5.90. The second-order valence-corrected chi connectivity index (χ2v) is 13.3. The third kappa shape index (κ3) is 7.13. The Morgan fingerprint density at radius 1 is 1.12 bits per heavy atom. The van der Waals surface area contributed by atoms with E-state index in [2.05, 4.69) is 34.6 Å². The topological polar surface area (TPSA) is 132 Å². The molecular weight excluding hydrogens is 577 g/mol. The number of hydrogen-bond donors (Lipinski definition) is 2. The number of nitrogens with zero attached hydrogens (tertiary/aromatic N) is 3. The number of aromatic nitrogens is 3. The van der Waals surface area contributed by atoms with Gasteiger partial charge in [-0.15, -0.1) is 5.10 Å². The van der Waals surface area contributed by atoms with Gasteiger partial charge in [0.05, 0.1) is 27.8 Å². The Balaban J connectivity index is 1.65. The number of anilines is 1. The van der Waals surface area contributed by atoms with Crippen LogP contribution in [0.3, 0.4) is 0 Å². The second kappa shape index (κ2) is 12.2. The van der Waals surface area contributed by atoms with Crippen molar-refractivity contribution in [3.63, 3.8) is 0 Å². The van der Waals surface area contributed by atoms with Crippen LogP contribution >= 0.6 is 23.2 Å². The van der Waals surface area contributed by atoms with Crippen LogP contribution < -0.4 is 15.4 Å². The summed E-state index contributed by atoms with van der Waals surface area (Å²) < 4.78 is 30.1. The summed E-state index contributed by atoms with van der Waals surface area (Å²) in [7, 11) is -3.13. The first kappa shape index (κ1) is 29.8. The summed E-state index contributed by atoms with van der Waals surface area (Å²) in [6.45, 7) is 7.91. The number of nitrogens with one attached hydrogen (secondary N) is 2. The van der Waals surface area contributed by atoms with Crippen molar-refractivity contribution in [1.82, 2.24) is 20.1 Å². The van der Waals surface area contributed by atoms with Crippen molar-refractivity contribution in [3.05, 3.63) is 63.4 Å². The monoisotopic (exact) mass is 607 g/mol. The summed E-state index contributed by atoms with van der Waals surface area (Å²) in [6.07, 6.45) is 2.68. The number of amides is 2. The molecule has 3 aromatic rings. The van der Waals surface area contributed by atoms with E-state index in [9.17, 15) is 18.0 Å². The molecule has 1 saturated heterocycles. The van der Waals surface area contributed by atoms with Crippen molar-refractivity contribution in [2.75, 3.05) is 16.8 Å². The van der Waals surface area contributed by atoms with E-state index in [4.69, 9.17) is 27.9 Å². The summed E-state index contributed by atoms with van der Waals surface area (Å²) in [5, 5.41) is 10.7. The number of benzene rings is 1. The fraction of sp³-hybridized carbons (Fsp3) is 0.407. The summed E-state index contributed by atoms with van der Waals surface area (Å²) >= 11 is 12.6. The van der Waals surface area contributed by atoms with Gasteiger partial charge < -0.3 is 15.4 Å². The third-order valence-electron chi connectivity index (χ3n) is 6.36. The lowest BCUT2D eigenvalue weighted by atomic mass is 10.0. The van der Waals surface area contributed by atoms with Gasteiger partial charge in [0.2, 0.25) is 5.88 Å².